The van der Waals surface area contributed by atoms with E-state index in [-0.39, 0.29) is 5.91 Å². The number of nitrogens with one attached hydrogen (secondary N) is 1. The van der Waals surface area contributed by atoms with E-state index >= 15 is 0 Å². The van der Waals surface area contributed by atoms with Crippen LogP contribution in [0.15, 0.2) is 42.5 Å². The molecular weight excluding hydrogens is 445 g/mol. The van der Waals surface area contributed by atoms with Crippen LogP contribution in [0.1, 0.15) is 19.7 Å². The van der Waals surface area contributed by atoms with Crippen molar-refractivity contribution in [3.05, 3.63) is 58.3 Å². The molecule has 4 rings (SSSR count). The van der Waals surface area contributed by atoms with Crippen molar-refractivity contribution >= 4 is 51.1 Å². The molecule has 10 heteroatoms. The molecule has 0 aliphatic rings. The van der Waals surface area contributed by atoms with Crippen molar-refractivity contribution < 1.29 is 9.53 Å². The monoisotopic (exact) mass is 461 g/mol. The van der Waals surface area contributed by atoms with Crippen LogP contribution < -0.4 is 10.1 Å². The maximum Gasteiger partial charge on any atom is 0.265 e. The van der Waals surface area contributed by atoms with Crippen molar-refractivity contribution in [1.29, 1.82) is 0 Å². The molecule has 1 atom stereocenters. The molecule has 1 N–H and O–H groups in total. The van der Waals surface area contributed by atoms with Gasteiger partial charge in [-0.05, 0) is 37.3 Å². The third kappa shape index (κ3) is 4.26. The van der Waals surface area contributed by atoms with Crippen molar-refractivity contribution in [1.82, 2.24) is 19.8 Å². The van der Waals surface area contributed by atoms with E-state index in [2.05, 4.69) is 20.6 Å². The molecule has 4 aromatic rings. The van der Waals surface area contributed by atoms with Gasteiger partial charge in [-0.2, -0.15) is 9.61 Å². The number of aryl methyl sites for hydroxylation is 1. The Morgan fingerprint density at radius 3 is 2.83 bits per heavy atom. The van der Waals surface area contributed by atoms with Gasteiger partial charge in [0.05, 0.1) is 5.02 Å². The standard InChI is InChI=1S/C20H17Cl2N5O2S/c1-3-17-24-25-20-27(17)26-19(30-20)12-5-4-6-14(9-12)23-18(28)11(2)29-16-8-7-13(21)10-15(16)22/h4-11H,3H2,1-2H3,(H,23,28). The van der Waals surface area contributed by atoms with E-state index in [1.54, 1.807) is 35.7 Å². The van der Waals surface area contributed by atoms with E-state index in [1.807, 2.05) is 25.1 Å². The van der Waals surface area contributed by atoms with Gasteiger partial charge in [-0.1, -0.05) is 53.6 Å². The van der Waals surface area contributed by atoms with E-state index in [0.29, 0.717) is 21.5 Å². The predicted octanol–water partition coefficient (Wildman–Crippen LogP) is 5.13. The molecule has 1 amide bonds. The summed E-state index contributed by atoms with van der Waals surface area (Å²) in [5, 5.41) is 17.3. The zero-order valence-electron chi connectivity index (χ0n) is 16.1. The van der Waals surface area contributed by atoms with Crippen molar-refractivity contribution in [3.63, 3.8) is 0 Å². The van der Waals surface area contributed by atoms with Crippen LogP contribution in [0.4, 0.5) is 5.69 Å². The van der Waals surface area contributed by atoms with Gasteiger partial charge in [-0.15, -0.1) is 10.2 Å². The minimum Gasteiger partial charge on any atom is -0.479 e. The van der Waals surface area contributed by atoms with Crippen molar-refractivity contribution in [2.75, 3.05) is 5.32 Å². The van der Waals surface area contributed by atoms with Crippen LogP contribution in [0.2, 0.25) is 10.0 Å². The molecule has 2 aromatic heterocycles. The minimum atomic E-state index is -0.756. The third-order valence-corrected chi connectivity index (χ3v) is 5.79. The van der Waals surface area contributed by atoms with Crippen LogP contribution in [-0.2, 0) is 11.2 Å². The number of hydrogen-bond acceptors (Lipinski definition) is 6. The minimum absolute atomic E-state index is 0.301. The number of aromatic nitrogens is 4. The van der Waals surface area contributed by atoms with E-state index in [9.17, 15) is 4.79 Å². The van der Waals surface area contributed by atoms with Gasteiger partial charge < -0.3 is 10.1 Å². The molecule has 2 aromatic carbocycles. The lowest BCUT2D eigenvalue weighted by atomic mass is 10.2. The maximum atomic E-state index is 12.6. The van der Waals surface area contributed by atoms with Gasteiger partial charge in [0.15, 0.2) is 11.9 Å². The molecule has 7 nitrogen and oxygen atoms in total. The van der Waals surface area contributed by atoms with Gasteiger partial charge in [-0.3, -0.25) is 4.79 Å². The van der Waals surface area contributed by atoms with E-state index < -0.39 is 6.10 Å². The second-order valence-corrected chi connectivity index (χ2v) is 8.28. The first-order valence-electron chi connectivity index (χ1n) is 9.18. The van der Waals surface area contributed by atoms with Gasteiger partial charge in [0.1, 0.15) is 10.8 Å². The lowest BCUT2D eigenvalue weighted by molar-refractivity contribution is -0.122. The summed E-state index contributed by atoms with van der Waals surface area (Å²) in [6.07, 6.45) is -0.00986. The first kappa shape index (κ1) is 20.6. The van der Waals surface area contributed by atoms with Gasteiger partial charge in [-0.25, -0.2) is 0 Å². The van der Waals surface area contributed by atoms with Crippen molar-refractivity contribution in [3.8, 4) is 16.3 Å². The first-order chi connectivity index (χ1) is 14.4. The van der Waals surface area contributed by atoms with E-state index in [4.69, 9.17) is 27.9 Å². The summed E-state index contributed by atoms with van der Waals surface area (Å²) in [7, 11) is 0. The summed E-state index contributed by atoms with van der Waals surface area (Å²) in [5.41, 5.74) is 1.51. The van der Waals surface area contributed by atoms with Crippen molar-refractivity contribution in [2.45, 2.75) is 26.4 Å². The Morgan fingerprint density at radius 1 is 1.23 bits per heavy atom. The lowest BCUT2D eigenvalue weighted by Gasteiger charge is -2.16. The van der Waals surface area contributed by atoms with E-state index in [0.717, 1.165) is 27.8 Å². The fourth-order valence-corrected chi connectivity index (χ4v) is 4.09. The Bertz CT molecular complexity index is 1220. The van der Waals surface area contributed by atoms with Gasteiger partial charge in [0, 0.05) is 22.7 Å². The number of rotatable bonds is 6. The number of halogens is 2. The molecule has 0 aliphatic heterocycles. The molecule has 0 fully saturated rings. The largest absolute Gasteiger partial charge is 0.479 e. The Hall–Kier alpha value is -2.68. The van der Waals surface area contributed by atoms with E-state index in [1.165, 1.54) is 11.3 Å². The molecule has 2 heterocycles. The Morgan fingerprint density at radius 2 is 2.07 bits per heavy atom. The van der Waals surface area contributed by atoms with Crippen LogP contribution in [0.3, 0.4) is 0 Å². The SMILES string of the molecule is CCc1nnc2sc(-c3cccc(NC(=O)C(C)Oc4ccc(Cl)cc4Cl)c3)nn12. The highest BCUT2D eigenvalue weighted by molar-refractivity contribution is 7.19. The smallest absolute Gasteiger partial charge is 0.265 e. The summed E-state index contributed by atoms with van der Waals surface area (Å²) in [4.78, 5) is 13.3. The Labute approximate surface area is 186 Å². The maximum absolute atomic E-state index is 12.6. The van der Waals surface area contributed by atoms with Crippen LogP contribution in [0.5, 0.6) is 5.75 Å². The zero-order chi connectivity index (χ0) is 21.3. The van der Waals surface area contributed by atoms with Crippen LogP contribution in [0, 0.1) is 0 Å². The summed E-state index contributed by atoms with van der Waals surface area (Å²) in [6.45, 7) is 3.66. The topological polar surface area (TPSA) is 81.4 Å². The number of ether oxygens (including phenoxy) is 1. The molecule has 154 valence electrons. The highest BCUT2D eigenvalue weighted by Crippen LogP contribution is 2.29. The molecule has 0 bridgehead atoms. The van der Waals surface area contributed by atoms with Crippen LogP contribution >= 0.6 is 34.5 Å². The lowest BCUT2D eigenvalue weighted by Crippen LogP contribution is -2.30. The molecule has 0 saturated carbocycles. The molecule has 0 aliphatic carbocycles. The average molecular weight is 462 g/mol. The van der Waals surface area contributed by atoms with Gasteiger partial charge in [0.2, 0.25) is 4.96 Å². The number of carbonyl (C=O) groups excluding carboxylic acids is 1. The molecular formula is C20H17Cl2N5O2S. The molecule has 0 radical (unpaired) electrons. The summed E-state index contributed by atoms with van der Waals surface area (Å²) in [5.74, 6) is 0.900. The molecule has 0 saturated heterocycles. The zero-order valence-corrected chi connectivity index (χ0v) is 18.4. The number of anilines is 1. The van der Waals surface area contributed by atoms with Crippen molar-refractivity contribution in [2.24, 2.45) is 0 Å². The number of fused-ring (bicyclic) bond motifs is 1. The molecule has 30 heavy (non-hydrogen) atoms. The highest BCUT2D eigenvalue weighted by Gasteiger charge is 2.17. The summed E-state index contributed by atoms with van der Waals surface area (Å²) >= 11 is 13.4. The third-order valence-electron chi connectivity index (χ3n) is 4.32. The molecule has 0 spiro atoms. The quantitative estimate of drug-likeness (QED) is 0.430. The number of amides is 1. The number of nitrogens with zero attached hydrogens (tertiary/aromatic N) is 4. The normalized spacial score (nSPS) is 12.1. The Kier molecular flexibility index (Phi) is 5.90. The fraction of sp³-hybridized carbons (Fsp3) is 0.200. The molecule has 1 unspecified atom stereocenters. The first-order valence-corrected chi connectivity index (χ1v) is 10.8. The number of carbonyl (C=O) groups is 1. The Balaban J connectivity index is 1.49. The number of hydrogen-bond donors (Lipinski definition) is 1. The average Bonchev–Trinajstić information content (AvgIpc) is 3.31. The van der Waals surface area contributed by atoms with Gasteiger partial charge in [0.25, 0.3) is 5.91 Å². The van der Waals surface area contributed by atoms with Gasteiger partial charge >= 0.3 is 0 Å². The number of benzene rings is 2. The second-order valence-electron chi connectivity index (χ2n) is 6.48. The summed E-state index contributed by atoms with van der Waals surface area (Å²) in [6, 6.07) is 12.3. The van der Waals surface area contributed by atoms with Crippen LogP contribution in [-0.4, -0.2) is 31.8 Å². The second kappa shape index (κ2) is 8.59. The fourth-order valence-electron chi connectivity index (χ4n) is 2.78. The highest BCUT2D eigenvalue weighted by atomic mass is 35.5. The predicted molar refractivity (Wildman–Crippen MR) is 119 cm³/mol. The summed E-state index contributed by atoms with van der Waals surface area (Å²) < 4.78 is 7.42. The van der Waals surface area contributed by atoms with Crippen LogP contribution in [0.25, 0.3) is 15.5 Å².